The van der Waals surface area contributed by atoms with Gasteiger partial charge in [-0.3, -0.25) is 0 Å². The largest absolute Gasteiger partial charge is 0.380 e. The first-order valence-electron chi connectivity index (χ1n) is 4.88. The Bertz CT molecular complexity index is 496. The molecule has 0 radical (unpaired) electrons. The molecule has 1 heterocycles. The number of nitrogens with one attached hydrogen (secondary N) is 1. The van der Waals surface area contributed by atoms with Crippen molar-refractivity contribution in [3.05, 3.63) is 49.6 Å². The zero-order valence-corrected chi connectivity index (χ0v) is 11.9. The van der Waals surface area contributed by atoms with Crippen molar-refractivity contribution in [1.82, 2.24) is 0 Å². The van der Waals surface area contributed by atoms with Crippen LogP contribution in [0.25, 0.3) is 0 Å². The second-order valence-corrected chi connectivity index (χ2v) is 5.80. The zero-order chi connectivity index (χ0) is 11.5. The van der Waals surface area contributed by atoms with Gasteiger partial charge in [0.1, 0.15) is 0 Å². The number of hydrogen-bond donors (Lipinski definition) is 1. The van der Waals surface area contributed by atoms with E-state index >= 15 is 0 Å². The van der Waals surface area contributed by atoms with Crippen molar-refractivity contribution in [2.24, 2.45) is 0 Å². The molecule has 0 atom stereocenters. The maximum Gasteiger partial charge on any atom is 0.0505 e. The standard InChI is InChI=1S/C12H11BrClNS/c1-8-2-3-9(14)6-11(8)15-7-12-10(13)4-5-16-12/h2-6,15H,7H2,1H3. The van der Waals surface area contributed by atoms with Gasteiger partial charge < -0.3 is 5.32 Å². The Morgan fingerprint density at radius 2 is 2.19 bits per heavy atom. The first kappa shape index (κ1) is 12.0. The topological polar surface area (TPSA) is 12.0 Å². The number of hydrogen-bond acceptors (Lipinski definition) is 2. The molecule has 4 heteroatoms. The lowest BCUT2D eigenvalue weighted by Gasteiger charge is -2.09. The molecule has 0 spiro atoms. The first-order valence-corrected chi connectivity index (χ1v) is 6.94. The number of anilines is 1. The average molecular weight is 317 g/mol. The fourth-order valence-corrected chi connectivity index (χ4v) is 3.02. The van der Waals surface area contributed by atoms with E-state index in [1.54, 1.807) is 11.3 Å². The SMILES string of the molecule is Cc1ccc(Cl)cc1NCc1sccc1Br. The van der Waals surface area contributed by atoms with Crippen LogP contribution in [0.15, 0.2) is 34.1 Å². The van der Waals surface area contributed by atoms with Crippen molar-refractivity contribution in [3.8, 4) is 0 Å². The Morgan fingerprint density at radius 3 is 2.88 bits per heavy atom. The summed E-state index contributed by atoms with van der Waals surface area (Å²) < 4.78 is 1.16. The highest BCUT2D eigenvalue weighted by Crippen LogP contribution is 2.25. The summed E-state index contributed by atoms with van der Waals surface area (Å²) in [6.07, 6.45) is 0. The highest BCUT2D eigenvalue weighted by molar-refractivity contribution is 9.10. The van der Waals surface area contributed by atoms with Gasteiger partial charge in [0.25, 0.3) is 0 Å². The Morgan fingerprint density at radius 1 is 1.38 bits per heavy atom. The van der Waals surface area contributed by atoms with Crippen molar-refractivity contribution in [3.63, 3.8) is 0 Å². The number of thiophene rings is 1. The lowest BCUT2D eigenvalue weighted by molar-refractivity contribution is 1.17. The van der Waals surface area contributed by atoms with E-state index in [9.17, 15) is 0 Å². The predicted octanol–water partition coefficient (Wildman–Crippen LogP) is 5.08. The fraction of sp³-hybridized carbons (Fsp3) is 0.167. The Balaban J connectivity index is 2.10. The molecule has 0 aliphatic heterocycles. The van der Waals surface area contributed by atoms with Gasteiger partial charge >= 0.3 is 0 Å². The van der Waals surface area contributed by atoms with Crippen LogP contribution < -0.4 is 5.32 Å². The second kappa shape index (κ2) is 5.21. The Kier molecular flexibility index (Phi) is 3.90. The summed E-state index contributed by atoms with van der Waals surface area (Å²) in [5, 5.41) is 6.23. The number of benzene rings is 1. The molecule has 1 N–H and O–H groups in total. The minimum atomic E-state index is 0.762. The summed E-state index contributed by atoms with van der Waals surface area (Å²) in [4.78, 5) is 1.29. The van der Waals surface area contributed by atoms with E-state index < -0.39 is 0 Å². The summed E-state index contributed by atoms with van der Waals surface area (Å²) in [7, 11) is 0. The van der Waals surface area contributed by atoms with Crippen LogP contribution in [0.2, 0.25) is 5.02 Å². The minimum Gasteiger partial charge on any atom is -0.380 e. The van der Waals surface area contributed by atoms with Crippen LogP contribution in [-0.4, -0.2) is 0 Å². The third-order valence-corrected chi connectivity index (χ3v) is 4.49. The predicted molar refractivity (Wildman–Crippen MR) is 75.5 cm³/mol. The highest BCUT2D eigenvalue weighted by atomic mass is 79.9. The molecule has 0 aliphatic rings. The summed E-state index contributed by atoms with van der Waals surface area (Å²) >= 11 is 11.2. The first-order chi connectivity index (χ1) is 7.66. The van der Waals surface area contributed by atoms with E-state index in [-0.39, 0.29) is 0 Å². The molecule has 1 aromatic carbocycles. The zero-order valence-electron chi connectivity index (χ0n) is 8.76. The van der Waals surface area contributed by atoms with Gasteiger partial charge in [-0.15, -0.1) is 11.3 Å². The van der Waals surface area contributed by atoms with Gasteiger partial charge in [-0.05, 0) is 52.0 Å². The van der Waals surface area contributed by atoms with Crippen LogP contribution in [0.4, 0.5) is 5.69 Å². The van der Waals surface area contributed by atoms with Crippen LogP contribution in [0.1, 0.15) is 10.4 Å². The van der Waals surface area contributed by atoms with Crippen LogP contribution in [0.3, 0.4) is 0 Å². The van der Waals surface area contributed by atoms with E-state index in [0.717, 1.165) is 21.7 Å². The van der Waals surface area contributed by atoms with Crippen molar-refractivity contribution in [1.29, 1.82) is 0 Å². The molecule has 16 heavy (non-hydrogen) atoms. The highest BCUT2D eigenvalue weighted by Gasteiger charge is 2.03. The van der Waals surface area contributed by atoms with Gasteiger partial charge in [0.05, 0.1) is 6.54 Å². The van der Waals surface area contributed by atoms with Crippen molar-refractivity contribution < 1.29 is 0 Å². The number of aryl methyl sites for hydroxylation is 1. The molecule has 0 aliphatic carbocycles. The number of halogens is 2. The lowest BCUT2D eigenvalue weighted by atomic mass is 10.2. The molecule has 0 unspecified atom stereocenters. The monoisotopic (exact) mass is 315 g/mol. The quantitative estimate of drug-likeness (QED) is 0.832. The van der Waals surface area contributed by atoms with Gasteiger partial charge in [0, 0.05) is 20.1 Å². The van der Waals surface area contributed by atoms with Crippen LogP contribution in [-0.2, 0) is 6.54 Å². The Labute approximate surface area is 113 Å². The summed E-state index contributed by atoms with van der Waals surface area (Å²) in [6, 6.07) is 7.95. The van der Waals surface area contributed by atoms with E-state index in [4.69, 9.17) is 11.6 Å². The summed E-state index contributed by atoms with van der Waals surface area (Å²) in [5.41, 5.74) is 2.30. The van der Waals surface area contributed by atoms with Gasteiger partial charge in [0.2, 0.25) is 0 Å². The van der Waals surface area contributed by atoms with E-state index in [2.05, 4.69) is 39.6 Å². The maximum absolute atomic E-state index is 5.96. The second-order valence-electron chi connectivity index (χ2n) is 3.50. The normalized spacial score (nSPS) is 10.4. The van der Waals surface area contributed by atoms with Gasteiger partial charge in [-0.2, -0.15) is 0 Å². The van der Waals surface area contributed by atoms with Crippen molar-refractivity contribution in [2.45, 2.75) is 13.5 Å². The average Bonchev–Trinajstić information content (AvgIpc) is 2.66. The molecular formula is C12H11BrClNS. The van der Waals surface area contributed by atoms with Gasteiger partial charge in [-0.1, -0.05) is 17.7 Å². The van der Waals surface area contributed by atoms with Crippen LogP contribution in [0.5, 0.6) is 0 Å². The molecule has 1 aromatic heterocycles. The molecule has 1 nitrogen and oxygen atoms in total. The third kappa shape index (κ3) is 2.78. The van der Waals surface area contributed by atoms with E-state index in [1.807, 2.05) is 18.2 Å². The molecular weight excluding hydrogens is 306 g/mol. The molecule has 0 saturated carbocycles. The van der Waals surface area contributed by atoms with Crippen LogP contribution >= 0.6 is 38.9 Å². The molecule has 0 fully saturated rings. The third-order valence-electron chi connectivity index (χ3n) is 2.33. The Hall–Kier alpha value is -0.510. The van der Waals surface area contributed by atoms with Crippen molar-refractivity contribution >= 4 is 44.6 Å². The molecule has 0 bridgehead atoms. The molecule has 0 saturated heterocycles. The fourth-order valence-electron chi connectivity index (χ4n) is 1.41. The molecule has 0 amide bonds. The van der Waals surface area contributed by atoms with Gasteiger partial charge in [-0.25, -0.2) is 0 Å². The lowest BCUT2D eigenvalue weighted by Crippen LogP contribution is -1.99. The summed E-state index contributed by atoms with van der Waals surface area (Å²) in [6.45, 7) is 2.89. The van der Waals surface area contributed by atoms with Crippen LogP contribution in [0, 0.1) is 6.92 Å². The molecule has 84 valence electrons. The molecule has 2 rings (SSSR count). The van der Waals surface area contributed by atoms with Crippen molar-refractivity contribution in [2.75, 3.05) is 5.32 Å². The number of rotatable bonds is 3. The summed E-state index contributed by atoms with van der Waals surface area (Å²) in [5.74, 6) is 0. The van der Waals surface area contributed by atoms with E-state index in [1.165, 1.54) is 10.4 Å². The maximum atomic E-state index is 5.96. The molecule has 2 aromatic rings. The van der Waals surface area contributed by atoms with E-state index in [0.29, 0.717) is 0 Å². The van der Waals surface area contributed by atoms with Gasteiger partial charge in [0.15, 0.2) is 0 Å². The smallest absolute Gasteiger partial charge is 0.0505 e. The minimum absolute atomic E-state index is 0.762.